The molecule has 0 fully saturated rings. The number of hydrazone groups is 1. The van der Waals surface area contributed by atoms with Gasteiger partial charge >= 0.3 is 5.97 Å². The number of aryl methyl sites for hydroxylation is 1. The predicted octanol–water partition coefficient (Wildman–Crippen LogP) is 3.13. The van der Waals surface area contributed by atoms with Gasteiger partial charge in [-0.1, -0.05) is 31.5 Å². The first-order valence-electron chi connectivity index (χ1n) is 10.0. The average Bonchev–Trinajstić information content (AvgIpc) is 2.76. The molecular formula is C23H26BrN3O6. The second-order valence-corrected chi connectivity index (χ2v) is 8.37. The lowest BCUT2D eigenvalue weighted by molar-refractivity contribution is -0.139. The first-order valence-corrected chi connectivity index (χ1v) is 10.8. The molecule has 2 amide bonds. The van der Waals surface area contributed by atoms with E-state index < -0.39 is 24.5 Å². The van der Waals surface area contributed by atoms with Gasteiger partial charge in [0.2, 0.25) is 0 Å². The van der Waals surface area contributed by atoms with Gasteiger partial charge in [0.15, 0.2) is 18.1 Å². The number of nitrogens with one attached hydrogen (secondary N) is 2. The summed E-state index contributed by atoms with van der Waals surface area (Å²) in [5.74, 6) is -1.57. The third-order valence-corrected chi connectivity index (χ3v) is 5.12. The van der Waals surface area contributed by atoms with Crippen LogP contribution in [0.4, 0.5) is 0 Å². The molecule has 1 atom stereocenters. The summed E-state index contributed by atoms with van der Waals surface area (Å²) in [7, 11) is 1.42. The highest BCUT2D eigenvalue weighted by Crippen LogP contribution is 2.36. The number of carbonyl (C=O) groups is 3. The lowest BCUT2D eigenvalue weighted by Crippen LogP contribution is -2.48. The van der Waals surface area contributed by atoms with E-state index in [4.69, 9.17) is 14.6 Å². The number of halogens is 1. The zero-order valence-electron chi connectivity index (χ0n) is 18.7. The fraction of sp³-hybridized carbons (Fsp3) is 0.304. The Kier molecular flexibility index (Phi) is 9.41. The number of rotatable bonds is 10. The van der Waals surface area contributed by atoms with Crippen LogP contribution in [0.1, 0.15) is 35.3 Å². The lowest BCUT2D eigenvalue weighted by Gasteiger charge is -2.20. The van der Waals surface area contributed by atoms with E-state index >= 15 is 0 Å². The van der Waals surface area contributed by atoms with E-state index in [1.807, 2.05) is 32.9 Å². The highest BCUT2D eigenvalue weighted by Gasteiger charge is 2.24. The highest BCUT2D eigenvalue weighted by molar-refractivity contribution is 9.10. The number of carboxylic acid groups (broad SMARTS) is 1. The third-order valence-electron chi connectivity index (χ3n) is 4.53. The summed E-state index contributed by atoms with van der Waals surface area (Å²) in [6, 6.07) is 9.48. The smallest absolute Gasteiger partial charge is 0.341 e. The van der Waals surface area contributed by atoms with Crippen molar-refractivity contribution in [3.8, 4) is 11.5 Å². The standard InChI is InChI=1S/C23H26BrN3O6/c1-13(2)20(26-22(30)16-7-5-14(3)6-8-16)23(31)27-25-11-15-9-17(24)21(18(10-15)32-4)33-12-19(28)29/h5-11,13,20H,12H2,1-4H3,(H,26,30)(H,27,31)(H,28,29)/b25-11+. The first kappa shape index (κ1) is 25.9. The van der Waals surface area contributed by atoms with Crippen molar-refractivity contribution in [1.29, 1.82) is 0 Å². The van der Waals surface area contributed by atoms with Gasteiger partial charge in [0.05, 0.1) is 17.8 Å². The van der Waals surface area contributed by atoms with Gasteiger partial charge in [0.1, 0.15) is 6.04 Å². The normalized spacial score (nSPS) is 11.8. The van der Waals surface area contributed by atoms with Crippen molar-refractivity contribution in [2.24, 2.45) is 11.0 Å². The molecule has 3 N–H and O–H groups in total. The summed E-state index contributed by atoms with van der Waals surface area (Å²) >= 11 is 3.31. The Balaban J connectivity index is 2.08. The van der Waals surface area contributed by atoms with Crippen LogP contribution in [0.15, 0.2) is 46.0 Å². The molecule has 0 aliphatic heterocycles. The van der Waals surface area contributed by atoms with Crippen molar-refractivity contribution in [3.05, 3.63) is 57.6 Å². The van der Waals surface area contributed by atoms with Gasteiger partial charge in [-0.15, -0.1) is 0 Å². The summed E-state index contributed by atoms with van der Waals surface area (Å²) in [6.45, 7) is 5.04. The Morgan fingerprint density at radius 1 is 1.18 bits per heavy atom. The van der Waals surface area contributed by atoms with E-state index in [1.165, 1.54) is 13.3 Å². The van der Waals surface area contributed by atoms with E-state index in [2.05, 4.69) is 31.8 Å². The number of methoxy groups -OCH3 is 1. The number of carbonyl (C=O) groups excluding carboxylic acids is 2. The predicted molar refractivity (Wildman–Crippen MR) is 127 cm³/mol. The molecule has 0 aliphatic carbocycles. The Morgan fingerprint density at radius 3 is 2.42 bits per heavy atom. The number of nitrogens with zero attached hydrogens (tertiary/aromatic N) is 1. The van der Waals surface area contributed by atoms with Crippen molar-refractivity contribution in [3.63, 3.8) is 0 Å². The van der Waals surface area contributed by atoms with Crippen LogP contribution in [-0.2, 0) is 9.59 Å². The number of hydrogen-bond donors (Lipinski definition) is 3. The number of amides is 2. The average molecular weight is 520 g/mol. The fourth-order valence-corrected chi connectivity index (χ4v) is 3.37. The molecule has 0 spiro atoms. The van der Waals surface area contributed by atoms with Crippen LogP contribution >= 0.6 is 15.9 Å². The molecule has 0 radical (unpaired) electrons. The van der Waals surface area contributed by atoms with Crippen LogP contribution in [0.25, 0.3) is 0 Å². The minimum atomic E-state index is -1.12. The zero-order valence-corrected chi connectivity index (χ0v) is 20.3. The van der Waals surface area contributed by atoms with Gasteiger partial charge < -0.3 is 19.9 Å². The van der Waals surface area contributed by atoms with Crippen molar-refractivity contribution in [1.82, 2.24) is 10.7 Å². The molecule has 0 aromatic heterocycles. The minimum absolute atomic E-state index is 0.172. The Hall–Kier alpha value is -3.40. The second-order valence-electron chi connectivity index (χ2n) is 7.51. The third kappa shape index (κ3) is 7.60. The van der Waals surface area contributed by atoms with Crippen LogP contribution in [0, 0.1) is 12.8 Å². The topological polar surface area (TPSA) is 126 Å². The molecule has 9 nitrogen and oxygen atoms in total. The number of hydrogen-bond acceptors (Lipinski definition) is 6. The summed E-state index contributed by atoms with van der Waals surface area (Å²) in [5, 5.41) is 15.5. The molecule has 2 aromatic rings. The first-order chi connectivity index (χ1) is 15.6. The van der Waals surface area contributed by atoms with Crippen molar-refractivity contribution < 1.29 is 29.0 Å². The van der Waals surface area contributed by atoms with Gasteiger partial charge in [-0.3, -0.25) is 9.59 Å². The molecule has 0 heterocycles. The monoisotopic (exact) mass is 519 g/mol. The molecule has 33 heavy (non-hydrogen) atoms. The molecule has 0 bridgehead atoms. The Labute approximate surface area is 200 Å². The fourth-order valence-electron chi connectivity index (χ4n) is 2.79. The minimum Gasteiger partial charge on any atom is -0.493 e. The number of ether oxygens (including phenoxy) is 2. The SMILES string of the molecule is COc1cc(/C=N/NC(=O)C(NC(=O)c2ccc(C)cc2)C(C)C)cc(Br)c1OCC(=O)O. The maximum absolute atomic E-state index is 12.6. The number of benzene rings is 2. The van der Waals surface area contributed by atoms with Crippen molar-refractivity contribution >= 4 is 39.9 Å². The molecule has 2 aromatic carbocycles. The van der Waals surface area contributed by atoms with Crippen molar-refractivity contribution in [2.75, 3.05) is 13.7 Å². The van der Waals surface area contributed by atoms with Gasteiger partial charge in [-0.05, 0) is 58.6 Å². The quantitative estimate of drug-likeness (QED) is 0.327. The molecule has 0 saturated heterocycles. The summed E-state index contributed by atoms with van der Waals surface area (Å²) in [5.41, 5.74) is 4.50. The Morgan fingerprint density at radius 2 is 1.85 bits per heavy atom. The van der Waals surface area contributed by atoms with Gasteiger partial charge in [0.25, 0.3) is 11.8 Å². The van der Waals surface area contributed by atoms with E-state index in [0.717, 1.165) is 5.56 Å². The van der Waals surface area contributed by atoms with Crippen LogP contribution in [0.3, 0.4) is 0 Å². The maximum Gasteiger partial charge on any atom is 0.341 e. The summed E-state index contributed by atoms with van der Waals surface area (Å²) in [6.07, 6.45) is 1.39. The Bertz CT molecular complexity index is 1040. The molecule has 10 heteroatoms. The maximum atomic E-state index is 12.6. The highest BCUT2D eigenvalue weighted by atomic mass is 79.9. The number of carboxylic acids is 1. The molecule has 1 unspecified atom stereocenters. The van der Waals surface area contributed by atoms with Crippen LogP contribution < -0.4 is 20.2 Å². The van der Waals surface area contributed by atoms with Crippen LogP contribution in [0.2, 0.25) is 0 Å². The molecule has 0 aliphatic rings. The second kappa shape index (κ2) is 12.0. The number of aliphatic carboxylic acids is 1. The van der Waals surface area contributed by atoms with Crippen molar-refractivity contribution in [2.45, 2.75) is 26.8 Å². The molecule has 176 valence electrons. The van der Waals surface area contributed by atoms with Crippen LogP contribution in [0.5, 0.6) is 11.5 Å². The van der Waals surface area contributed by atoms with Gasteiger partial charge in [-0.2, -0.15) is 5.10 Å². The lowest BCUT2D eigenvalue weighted by atomic mass is 10.0. The van der Waals surface area contributed by atoms with Crippen LogP contribution in [-0.4, -0.2) is 48.9 Å². The zero-order chi connectivity index (χ0) is 24.5. The van der Waals surface area contributed by atoms with E-state index in [1.54, 1.807) is 24.3 Å². The molecule has 2 rings (SSSR count). The molecular weight excluding hydrogens is 494 g/mol. The van der Waals surface area contributed by atoms with E-state index in [9.17, 15) is 14.4 Å². The summed E-state index contributed by atoms with van der Waals surface area (Å²) in [4.78, 5) is 35.9. The van der Waals surface area contributed by atoms with E-state index in [-0.39, 0.29) is 17.6 Å². The van der Waals surface area contributed by atoms with Gasteiger partial charge in [-0.25, -0.2) is 10.2 Å². The van der Waals surface area contributed by atoms with E-state index in [0.29, 0.717) is 21.3 Å². The molecule has 0 saturated carbocycles. The summed E-state index contributed by atoms with van der Waals surface area (Å²) < 4.78 is 10.9. The largest absolute Gasteiger partial charge is 0.493 e. The van der Waals surface area contributed by atoms with Gasteiger partial charge in [0, 0.05) is 5.56 Å².